The maximum absolute atomic E-state index is 12.3. The Bertz CT molecular complexity index is 761. The molecule has 1 unspecified atom stereocenters. The van der Waals surface area contributed by atoms with Crippen LogP contribution in [0.4, 0.5) is 5.69 Å². The molecule has 3 nitrogen and oxygen atoms in total. The maximum atomic E-state index is 12.3. The van der Waals surface area contributed by atoms with E-state index < -0.39 is 0 Å². The summed E-state index contributed by atoms with van der Waals surface area (Å²) in [6.07, 6.45) is 3.47. The molecule has 0 aromatic heterocycles. The van der Waals surface area contributed by atoms with Crippen molar-refractivity contribution in [3.63, 3.8) is 0 Å². The second kappa shape index (κ2) is 7.56. The van der Waals surface area contributed by atoms with Crippen LogP contribution in [0.5, 0.6) is 0 Å². The SMILES string of the molecule is C[NH+](CC(=O)Nc1ccc2c(c1)CCC2)Cc1cccc(Cl)c1Cl. The van der Waals surface area contributed by atoms with Crippen molar-refractivity contribution in [2.45, 2.75) is 25.8 Å². The summed E-state index contributed by atoms with van der Waals surface area (Å²) >= 11 is 12.2. The molecular formula is C19H21Cl2N2O+. The monoisotopic (exact) mass is 363 g/mol. The van der Waals surface area contributed by atoms with E-state index in [4.69, 9.17) is 23.2 Å². The fourth-order valence-electron chi connectivity index (χ4n) is 3.20. The average molecular weight is 364 g/mol. The molecule has 0 saturated carbocycles. The highest BCUT2D eigenvalue weighted by molar-refractivity contribution is 6.42. The molecule has 0 bridgehead atoms. The van der Waals surface area contributed by atoms with Crippen molar-refractivity contribution in [2.75, 3.05) is 18.9 Å². The summed E-state index contributed by atoms with van der Waals surface area (Å²) < 4.78 is 0. The van der Waals surface area contributed by atoms with Gasteiger partial charge in [0.25, 0.3) is 5.91 Å². The minimum Gasteiger partial charge on any atom is -0.326 e. The van der Waals surface area contributed by atoms with Crippen LogP contribution in [0.15, 0.2) is 36.4 Å². The van der Waals surface area contributed by atoms with Crippen molar-refractivity contribution < 1.29 is 9.69 Å². The third kappa shape index (κ3) is 4.10. The Balaban J connectivity index is 1.57. The zero-order valence-corrected chi connectivity index (χ0v) is 15.2. The van der Waals surface area contributed by atoms with Gasteiger partial charge in [-0.15, -0.1) is 0 Å². The standard InChI is InChI=1S/C19H20Cl2N2O/c1-23(11-15-6-3-7-17(20)19(15)21)12-18(24)22-16-9-8-13-4-2-5-14(13)10-16/h3,6-10H,2,4-5,11-12H2,1H3,(H,22,24)/p+1. The summed E-state index contributed by atoms with van der Waals surface area (Å²) in [6.45, 7) is 1.02. The molecular weight excluding hydrogens is 343 g/mol. The maximum Gasteiger partial charge on any atom is 0.279 e. The van der Waals surface area contributed by atoms with Gasteiger partial charge in [-0.2, -0.15) is 0 Å². The first-order valence-corrected chi connectivity index (χ1v) is 8.94. The van der Waals surface area contributed by atoms with Crippen molar-refractivity contribution in [3.05, 3.63) is 63.1 Å². The first kappa shape index (κ1) is 17.3. The smallest absolute Gasteiger partial charge is 0.279 e. The van der Waals surface area contributed by atoms with E-state index in [9.17, 15) is 4.79 Å². The molecule has 24 heavy (non-hydrogen) atoms. The number of fused-ring (bicyclic) bond motifs is 1. The number of anilines is 1. The summed E-state index contributed by atoms with van der Waals surface area (Å²) in [5.74, 6) is 0.00333. The quantitative estimate of drug-likeness (QED) is 0.840. The summed E-state index contributed by atoms with van der Waals surface area (Å²) in [5.41, 5.74) is 4.60. The van der Waals surface area contributed by atoms with E-state index >= 15 is 0 Å². The zero-order valence-electron chi connectivity index (χ0n) is 13.7. The van der Waals surface area contributed by atoms with Gasteiger partial charge in [0, 0.05) is 11.3 Å². The highest BCUT2D eigenvalue weighted by Crippen LogP contribution is 2.25. The molecule has 0 radical (unpaired) electrons. The van der Waals surface area contributed by atoms with Crippen LogP contribution < -0.4 is 10.2 Å². The van der Waals surface area contributed by atoms with E-state index in [2.05, 4.69) is 17.4 Å². The lowest BCUT2D eigenvalue weighted by Crippen LogP contribution is -3.08. The summed E-state index contributed by atoms with van der Waals surface area (Å²) in [4.78, 5) is 13.3. The number of rotatable bonds is 5. The average Bonchev–Trinajstić information content (AvgIpc) is 2.99. The van der Waals surface area contributed by atoms with Crippen LogP contribution in [0.1, 0.15) is 23.1 Å². The molecule has 2 aromatic carbocycles. The lowest BCUT2D eigenvalue weighted by molar-refractivity contribution is -0.885. The number of carbonyl (C=O) groups is 1. The van der Waals surface area contributed by atoms with Crippen molar-refractivity contribution in [2.24, 2.45) is 0 Å². The van der Waals surface area contributed by atoms with Crippen LogP contribution in [0, 0.1) is 0 Å². The fraction of sp³-hybridized carbons (Fsp3) is 0.316. The largest absolute Gasteiger partial charge is 0.326 e. The van der Waals surface area contributed by atoms with Crippen LogP contribution in [-0.2, 0) is 24.2 Å². The van der Waals surface area contributed by atoms with Gasteiger partial charge < -0.3 is 10.2 Å². The molecule has 0 fully saturated rings. The van der Waals surface area contributed by atoms with Crippen LogP contribution in [0.2, 0.25) is 10.0 Å². The van der Waals surface area contributed by atoms with Crippen molar-refractivity contribution in [1.29, 1.82) is 0 Å². The Kier molecular flexibility index (Phi) is 5.44. The summed E-state index contributed by atoms with van der Waals surface area (Å²) in [7, 11) is 1.97. The number of halogens is 2. The number of aryl methyl sites for hydroxylation is 2. The fourth-order valence-corrected chi connectivity index (χ4v) is 3.59. The first-order chi connectivity index (χ1) is 11.5. The molecule has 0 aliphatic heterocycles. The van der Waals surface area contributed by atoms with Gasteiger partial charge in [-0.1, -0.05) is 41.4 Å². The van der Waals surface area contributed by atoms with Gasteiger partial charge in [0.1, 0.15) is 6.54 Å². The second-order valence-corrected chi connectivity index (χ2v) is 7.19. The van der Waals surface area contributed by atoms with E-state index in [1.54, 1.807) is 6.07 Å². The molecule has 0 saturated heterocycles. The van der Waals surface area contributed by atoms with Gasteiger partial charge in [0.05, 0.1) is 17.1 Å². The molecule has 1 amide bonds. The second-order valence-electron chi connectivity index (χ2n) is 6.41. The number of quaternary nitrogens is 1. The summed E-state index contributed by atoms with van der Waals surface area (Å²) in [6, 6.07) is 11.8. The number of carbonyl (C=O) groups excluding carboxylic acids is 1. The molecule has 1 atom stereocenters. The third-order valence-corrected chi connectivity index (χ3v) is 5.23. The van der Waals surface area contributed by atoms with Crippen LogP contribution in [0.25, 0.3) is 0 Å². The molecule has 1 aliphatic rings. The Morgan fingerprint density at radius 3 is 2.79 bits per heavy atom. The first-order valence-electron chi connectivity index (χ1n) is 8.19. The van der Waals surface area contributed by atoms with Crippen LogP contribution >= 0.6 is 23.2 Å². The molecule has 0 heterocycles. The van der Waals surface area contributed by atoms with Gasteiger partial charge in [-0.25, -0.2) is 0 Å². The van der Waals surface area contributed by atoms with E-state index in [0.29, 0.717) is 23.1 Å². The Morgan fingerprint density at radius 2 is 1.96 bits per heavy atom. The molecule has 3 rings (SSSR count). The van der Waals surface area contributed by atoms with Gasteiger partial charge in [0.15, 0.2) is 6.54 Å². The molecule has 2 N–H and O–H groups in total. The van der Waals surface area contributed by atoms with Crippen molar-refractivity contribution in [1.82, 2.24) is 0 Å². The van der Waals surface area contributed by atoms with Gasteiger partial charge in [-0.3, -0.25) is 4.79 Å². The third-order valence-electron chi connectivity index (χ3n) is 4.37. The normalized spacial score (nSPS) is 14.3. The van der Waals surface area contributed by atoms with Gasteiger partial charge >= 0.3 is 0 Å². The van der Waals surface area contributed by atoms with Crippen LogP contribution in [-0.4, -0.2) is 19.5 Å². The molecule has 126 valence electrons. The highest BCUT2D eigenvalue weighted by Gasteiger charge is 2.15. The minimum absolute atomic E-state index is 0.00333. The van der Waals surface area contributed by atoms with E-state index in [1.807, 2.05) is 25.2 Å². The molecule has 2 aromatic rings. The highest BCUT2D eigenvalue weighted by atomic mass is 35.5. The van der Waals surface area contributed by atoms with E-state index in [0.717, 1.165) is 29.0 Å². The summed E-state index contributed by atoms with van der Waals surface area (Å²) in [5, 5.41) is 4.11. The van der Waals surface area contributed by atoms with Crippen molar-refractivity contribution in [3.8, 4) is 0 Å². The Morgan fingerprint density at radius 1 is 1.17 bits per heavy atom. The van der Waals surface area contributed by atoms with Gasteiger partial charge in [-0.05, 0) is 48.6 Å². The number of amides is 1. The number of benzene rings is 2. The predicted octanol–water partition coefficient (Wildman–Crippen LogP) is 3.14. The molecule has 5 heteroatoms. The molecule has 1 aliphatic carbocycles. The number of nitrogens with one attached hydrogen (secondary N) is 2. The number of likely N-dealkylation sites (N-methyl/N-ethyl adjacent to an activating group) is 1. The lowest BCUT2D eigenvalue weighted by atomic mass is 10.1. The molecule has 0 spiro atoms. The number of hydrogen-bond donors (Lipinski definition) is 2. The predicted molar refractivity (Wildman–Crippen MR) is 99.0 cm³/mol. The lowest BCUT2D eigenvalue weighted by Gasteiger charge is -2.15. The van der Waals surface area contributed by atoms with Crippen molar-refractivity contribution >= 4 is 34.8 Å². The minimum atomic E-state index is 0.00333. The number of hydrogen-bond acceptors (Lipinski definition) is 1. The van der Waals surface area contributed by atoms with E-state index in [1.165, 1.54) is 17.5 Å². The Hall–Kier alpha value is -1.55. The van der Waals surface area contributed by atoms with Gasteiger partial charge in [0.2, 0.25) is 0 Å². The topological polar surface area (TPSA) is 33.5 Å². The van der Waals surface area contributed by atoms with Crippen LogP contribution in [0.3, 0.4) is 0 Å². The Labute approximate surface area is 152 Å². The van der Waals surface area contributed by atoms with E-state index in [-0.39, 0.29) is 5.91 Å². The zero-order chi connectivity index (χ0) is 17.1.